The van der Waals surface area contributed by atoms with Crippen molar-refractivity contribution in [2.24, 2.45) is 17.3 Å². The summed E-state index contributed by atoms with van der Waals surface area (Å²) >= 11 is 0. The van der Waals surface area contributed by atoms with Crippen molar-refractivity contribution in [1.82, 2.24) is 10.2 Å². The van der Waals surface area contributed by atoms with Gasteiger partial charge in [-0.25, -0.2) is 0 Å². The third-order valence-corrected chi connectivity index (χ3v) is 5.17. The molecule has 2 unspecified atom stereocenters. The average molecular weight is 252 g/mol. The van der Waals surface area contributed by atoms with E-state index in [1.807, 2.05) is 0 Å². The van der Waals surface area contributed by atoms with Crippen LogP contribution in [0.5, 0.6) is 0 Å². The van der Waals surface area contributed by atoms with Crippen LogP contribution >= 0.6 is 0 Å². The van der Waals surface area contributed by atoms with Gasteiger partial charge in [0, 0.05) is 19.1 Å². The van der Waals surface area contributed by atoms with Gasteiger partial charge in [-0.15, -0.1) is 0 Å². The first-order valence-electron chi connectivity index (χ1n) is 7.96. The summed E-state index contributed by atoms with van der Waals surface area (Å²) in [6.45, 7) is 11.1. The lowest BCUT2D eigenvalue weighted by molar-refractivity contribution is 0.0835. The minimum absolute atomic E-state index is 0.469. The molecule has 0 heterocycles. The van der Waals surface area contributed by atoms with Crippen LogP contribution in [0, 0.1) is 17.3 Å². The molecular weight excluding hydrogens is 220 g/mol. The Hall–Kier alpha value is -0.0800. The largest absolute Gasteiger partial charge is 0.316 e. The molecule has 2 nitrogen and oxygen atoms in total. The summed E-state index contributed by atoms with van der Waals surface area (Å²) in [4.78, 5) is 2.70. The van der Waals surface area contributed by atoms with Crippen molar-refractivity contribution in [3.8, 4) is 0 Å². The highest BCUT2D eigenvalue weighted by Gasteiger charge is 2.38. The molecule has 0 aromatic carbocycles. The van der Waals surface area contributed by atoms with Gasteiger partial charge in [0.25, 0.3) is 0 Å². The Morgan fingerprint density at radius 1 is 1.17 bits per heavy atom. The maximum absolute atomic E-state index is 3.62. The lowest BCUT2D eigenvalue weighted by Gasteiger charge is -2.45. The van der Waals surface area contributed by atoms with E-state index in [0.29, 0.717) is 11.5 Å². The molecule has 2 rings (SSSR count). The highest BCUT2D eigenvalue weighted by Crippen LogP contribution is 2.39. The molecule has 0 aromatic heterocycles. The predicted octanol–water partition coefficient (Wildman–Crippen LogP) is 3.13. The molecule has 0 aliphatic heterocycles. The van der Waals surface area contributed by atoms with Gasteiger partial charge in [0.2, 0.25) is 0 Å². The van der Waals surface area contributed by atoms with E-state index in [2.05, 4.69) is 38.0 Å². The summed E-state index contributed by atoms with van der Waals surface area (Å²) in [5, 5.41) is 3.62. The topological polar surface area (TPSA) is 15.3 Å². The van der Waals surface area contributed by atoms with Crippen LogP contribution in [0.2, 0.25) is 0 Å². The van der Waals surface area contributed by atoms with Gasteiger partial charge in [0.05, 0.1) is 0 Å². The minimum atomic E-state index is 0.469. The summed E-state index contributed by atoms with van der Waals surface area (Å²) in [6, 6.07) is 0.694. The smallest absolute Gasteiger partial charge is 0.0156 e. The van der Waals surface area contributed by atoms with Crippen molar-refractivity contribution in [3.05, 3.63) is 0 Å². The number of rotatable bonds is 6. The molecule has 2 fully saturated rings. The molecule has 0 amide bonds. The number of nitrogens with one attached hydrogen (secondary N) is 1. The molecule has 0 bridgehead atoms. The standard InChI is InChI=1S/C16H32N2/c1-5-18(11-13-8-9-13)12-14-7-6-10-16(2,3)15(14)17-4/h13-15,17H,5-12H2,1-4H3. The predicted molar refractivity (Wildman–Crippen MR) is 78.8 cm³/mol. The SMILES string of the molecule is CCN(CC1CC1)CC1CCCC(C)(C)C1NC. The van der Waals surface area contributed by atoms with E-state index >= 15 is 0 Å². The Balaban J connectivity index is 1.92. The zero-order chi connectivity index (χ0) is 13.2. The van der Waals surface area contributed by atoms with Crippen molar-refractivity contribution in [2.45, 2.75) is 58.9 Å². The van der Waals surface area contributed by atoms with Gasteiger partial charge in [0.1, 0.15) is 0 Å². The summed E-state index contributed by atoms with van der Waals surface area (Å²) < 4.78 is 0. The van der Waals surface area contributed by atoms with Crippen molar-refractivity contribution in [3.63, 3.8) is 0 Å². The van der Waals surface area contributed by atoms with E-state index in [1.165, 1.54) is 51.7 Å². The number of nitrogens with zero attached hydrogens (tertiary/aromatic N) is 1. The lowest BCUT2D eigenvalue weighted by atomic mass is 9.68. The maximum atomic E-state index is 3.62. The van der Waals surface area contributed by atoms with E-state index in [9.17, 15) is 0 Å². The molecule has 0 radical (unpaired) electrons. The lowest BCUT2D eigenvalue weighted by Crippen LogP contribution is -2.51. The molecule has 2 saturated carbocycles. The molecule has 2 heteroatoms. The van der Waals surface area contributed by atoms with Crippen molar-refractivity contribution < 1.29 is 0 Å². The molecule has 2 aliphatic rings. The monoisotopic (exact) mass is 252 g/mol. The Labute approximate surface area is 114 Å². The molecule has 0 saturated heterocycles. The molecule has 2 aliphatic carbocycles. The van der Waals surface area contributed by atoms with Crippen LogP contribution < -0.4 is 5.32 Å². The van der Waals surface area contributed by atoms with Gasteiger partial charge in [-0.1, -0.05) is 27.2 Å². The van der Waals surface area contributed by atoms with Crippen LogP contribution in [0.3, 0.4) is 0 Å². The fourth-order valence-corrected chi connectivity index (χ4v) is 3.93. The van der Waals surface area contributed by atoms with Gasteiger partial charge in [-0.2, -0.15) is 0 Å². The zero-order valence-electron chi connectivity index (χ0n) is 12.8. The van der Waals surface area contributed by atoms with E-state index < -0.39 is 0 Å². The van der Waals surface area contributed by atoms with E-state index in [0.717, 1.165) is 11.8 Å². The van der Waals surface area contributed by atoms with Crippen LogP contribution in [0.15, 0.2) is 0 Å². The Bertz CT molecular complexity index is 258. The second-order valence-electron chi connectivity index (χ2n) is 7.20. The van der Waals surface area contributed by atoms with Crippen LogP contribution in [0.4, 0.5) is 0 Å². The molecular formula is C16H32N2. The molecule has 2 atom stereocenters. The normalized spacial score (nSPS) is 31.8. The first kappa shape index (κ1) is 14.3. The van der Waals surface area contributed by atoms with Crippen LogP contribution in [-0.4, -0.2) is 37.6 Å². The fraction of sp³-hybridized carbons (Fsp3) is 1.00. The van der Waals surface area contributed by atoms with Crippen molar-refractivity contribution in [2.75, 3.05) is 26.7 Å². The van der Waals surface area contributed by atoms with Gasteiger partial charge < -0.3 is 10.2 Å². The molecule has 1 N–H and O–H groups in total. The quantitative estimate of drug-likeness (QED) is 0.781. The maximum Gasteiger partial charge on any atom is 0.0156 e. The molecule has 18 heavy (non-hydrogen) atoms. The van der Waals surface area contributed by atoms with E-state index in [-0.39, 0.29) is 0 Å². The molecule has 0 spiro atoms. The fourth-order valence-electron chi connectivity index (χ4n) is 3.93. The van der Waals surface area contributed by atoms with Crippen LogP contribution in [0.1, 0.15) is 52.9 Å². The van der Waals surface area contributed by atoms with Crippen molar-refractivity contribution >= 4 is 0 Å². The Kier molecular flexibility index (Phi) is 4.71. The van der Waals surface area contributed by atoms with Gasteiger partial charge in [-0.3, -0.25) is 0 Å². The highest BCUT2D eigenvalue weighted by atomic mass is 15.1. The third-order valence-electron chi connectivity index (χ3n) is 5.17. The summed E-state index contributed by atoms with van der Waals surface area (Å²) in [6.07, 6.45) is 7.15. The Morgan fingerprint density at radius 3 is 2.44 bits per heavy atom. The summed E-state index contributed by atoms with van der Waals surface area (Å²) in [7, 11) is 2.15. The van der Waals surface area contributed by atoms with Crippen LogP contribution in [-0.2, 0) is 0 Å². The Morgan fingerprint density at radius 2 is 1.89 bits per heavy atom. The van der Waals surface area contributed by atoms with Gasteiger partial charge in [-0.05, 0) is 56.5 Å². The zero-order valence-corrected chi connectivity index (χ0v) is 12.8. The number of hydrogen-bond acceptors (Lipinski definition) is 2. The van der Waals surface area contributed by atoms with E-state index in [4.69, 9.17) is 0 Å². The minimum Gasteiger partial charge on any atom is -0.316 e. The van der Waals surface area contributed by atoms with Crippen LogP contribution in [0.25, 0.3) is 0 Å². The average Bonchev–Trinajstić information content (AvgIpc) is 3.11. The first-order chi connectivity index (χ1) is 8.56. The highest BCUT2D eigenvalue weighted by molar-refractivity contribution is 4.94. The molecule has 106 valence electrons. The number of hydrogen-bond donors (Lipinski definition) is 1. The van der Waals surface area contributed by atoms with Crippen molar-refractivity contribution in [1.29, 1.82) is 0 Å². The second-order valence-corrected chi connectivity index (χ2v) is 7.20. The summed E-state index contributed by atoms with van der Waals surface area (Å²) in [5.74, 6) is 1.87. The first-order valence-corrected chi connectivity index (χ1v) is 7.96. The summed E-state index contributed by atoms with van der Waals surface area (Å²) in [5.41, 5.74) is 0.469. The van der Waals surface area contributed by atoms with Gasteiger partial charge in [0.15, 0.2) is 0 Å². The molecule has 0 aromatic rings. The second kappa shape index (κ2) is 5.92. The third kappa shape index (κ3) is 3.48. The van der Waals surface area contributed by atoms with E-state index in [1.54, 1.807) is 0 Å². The van der Waals surface area contributed by atoms with Gasteiger partial charge >= 0.3 is 0 Å².